The lowest BCUT2D eigenvalue weighted by Crippen LogP contribution is -2.48. The van der Waals surface area contributed by atoms with Crippen LogP contribution in [0, 0.1) is 5.92 Å². The average molecular weight is 293 g/mol. The number of hydrogen-bond donors (Lipinski definition) is 1. The molecule has 2 aliphatic rings. The standard InChI is InChI=1S/C17H25ClN2/c18-15-7-3-8-16(13-15)19-10-12-20-11-4-6-14-5-1-2-9-17(14)20/h3,7-8,13-14,17,19H,1-2,4-6,9-12H2. The van der Waals surface area contributed by atoms with E-state index >= 15 is 0 Å². The smallest absolute Gasteiger partial charge is 0.0426 e. The van der Waals surface area contributed by atoms with Crippen molar-refractivity contribution in [2.24, 2.45) is 5.92 Å². The van der Waals surface area contributed by atoms with Crippen LogP contribution in [0.15, 0.2) is 24.3 Å². The molecule has 0 amide bonds. The number of anilines is 1. The van der Waals surface area contributed by atoms with Crippen LogP contribution in [0.3, 0.4) is 0 Å². The number of rotatable bonds is 4. The molecule has 2 atom stereocenters. The van der Waals surface area contributed by atoms with Gasteiger partial charge in [-0.3, -0.25) is 4.90 Å². The van der Waals surface area contributed by atoms with Gasteiger partial charge in [-0.15, -0.1) is 0 Å². The Kier molecular flexibility index (Phi) is 4.85. The summed E-state index contributed by atoms with van der Waals surface area (Å²) in [4.78, 5) is 2.73. The second kappa shape index (κ2) is 6.82. The maximum atomic E-state index is 6.01. The molecule has 0 aromatic heterocycles. The van der Waals surface area contributed by atoms with Crippen molar-refractivity contribution < 1.29 is 0 Å². The molecule has 2 nitrogen and oxygen atoms in total. The molecule has 0 bridgehead atoms. The molecule has 1 heterocycles. The van der Waals surface area contributed by atoms with Crippen LogP contribution in [0.2, 0.25) is 5.02 Å². The third-order valence-corrected chi connectivity index (χ3v) is 5.15. The maximum Gasteiger partial charge on any atom is 0.0426 e. The Bertz CT molecular complexity index is 433. The first kappa shape index (κ1) is 14.2. The maximum absolute atomic E-state index is 6.01. The van der Waals surface area contributed by atoms with Crippen molar-refractivity contribution in [2.75, 3.05) is 25.0 Å². The van der Waals surface area contributed by atoms with E-state index in [1.54, 1.807) is 0 Å². The Morgan fingerprint density at radius 2 is 2.00 bits per heavy atom. The molecule has 1 N–H and O–H groups in total. The summed E-state index contributed by atoms with van der Waals surface area (Å²) >= 11 is 6.01. The molecule has 1 saturated carbocycles. The summed E-state index contributed by atoms with van der Waals surface area (Å²) < 4.78 is 0. The molecule has 2 unspecified atom stereocenters. The first-order chi connectivity index (χ1) is 9.83. The number of benzene rings is 1. The van der Waals surface area contributed by atoms with Crippen LogP contribution < -0.4 is 5.32 Å². The van der Waals surface area contributed by atoms with Crippen LogP contribution in [-0.2, 0) is 0 Å². The Morgan fingerprint density at radius 1 is 1.15 bits per heavy atom. The van der Waals surface area contributed by atoms with Crippen molar-refractivity contribution in [1.82, 2.24) is 4.90 Å². The molecule has 1 saturated heterocycles. The Morgan fingerprint density at radius 3 is 2.90 bits per heavy atom. The fourth-order valence-corrected chi connectivity index (χ4v) is 4.14. The van der Waals surface area contributed by atoms with E-state index in [4.69, 9.17) is 11.6 Å². The first-order valence-electron chi connectivity index (χ1n) is 8.06. The van der Waals surface area contributed by atoms with E-state index in [9.17, 15) is 0 Å². The van der Waals surface area contributed by atoms with Crippen LogP contribution >= 0.6 is 11.6 Å². The van der Waals surface area contributed by atoms with E-state index in [0.29, 0.717) is 0 Å². The van der Waals surface area contributed by atoms with E-state index in [1.807, 2.05) is 18.2 Å². The number of fused-ring (bicyclic) bond motifs is 1. The molecule has 20 heavy (non-hydrogen) atoms. The molecule has 2 fully saturated rings. The van der Waals surface area contributed by atoms with Gasteiger partial charge in [0, 0.05) is 29.8 Å². The minimum absolute atomic E-state index is 0.806. The monoisotopic (exact) mass is 292 g/mol. The topological polar surface area (TPSA) is 15.3 Å². The molecule has 0 radical (unpaired) electrons. The van der Waals surface area contributed by atoms with E-state index in [2.05, 4.69) is 16.3 Å². The summed E-state index contributed by atoms with van der Waals surface area (Å²) in [6.07, 6.45) is 8.61. The Labute approximate surface area is 127 Å². The van der Waals surface area contributed by atoms with Gasteiger partial charge in [0.05, 0.1) is 0 Å². The predicted molar refractivity (Wildman–Crippen MR) is 86.5 cm³/mol. The zero-order valence-electron chi connectivity index (χ0n) is 12.2. The molecule has 1 aromatic carbocycles. The summed E-state index contributed by atoms with van der Waals surface area (Å²) in [5, 5.41) is 4.31. The fraction of sp³-hybridized carbons (Fsp3) is 0.647. The van der Waals surface area contributed by atoms with Crippen molar-refractivity contribution in [2.45, 2.75) is 44.6 Å². The number of likely N-dealkylation sites (tertiary alicyclic amines) is 1. The molecular weight excluding hydrogens is 268 g/mol. The molecule has 3 heteroatoms. The zero-order chi connectivity index (χ0) is 13.8. The van der Waals surface area contributed by atoms with Crippen LogP contribution in [0.25, 0.3) is 0 Å². The Hall–Kier alpha value is -0.730. The van der Waals surface area contributed by atoms with Crippen molar-refractivity contribution in [3.05, 3.63) is 29.3 Å². The lowest BCUT2D eigenvalue weighted by molar-refractivity contribution is 0.0645. The van der Waals surface area contributed by atoms with E-state index in [0.717, 1.165) is 35.8 Å². The highest BCUT2D eigenvalue weighted by Crippen LogP contribution is 2.34. The van der Waals surface area contributed by atoms with Crippen LogP contribution in [0.1, 0.15) is 38.5 Å². The normalized spacial score (nSPS) is 27.1. The van der Waals surface area contributed by atoms with Crippen molar-refractivity contribution in [3.8, 4) is 0 Å². The number of nitrogens with zero attached hydrogens (tertiary/aromatic N) is 1. The van der Waals surface area contributed by atoms with Gasteiger partial charge in [0.25, 0.3) is 0 Å². The molecule has 0 spiro atoms. The van der Waals surface area contributed by atoms with Gasteiger partial charge in [0.15, 0.2) is 0 Å². The fourth-order valence-electron chi connectivity index (χ4n) is 3.95. The summed E-state index contributed by atoms with van der Waals surface area (Å²) in [5.74, 6) is 0.976. The van der Waals surface area contributed by atoms with Crippen molar-refractivity contribution in [1.29, 1.82) is 0 Å². The minimum atomic E-state index is 0.806. The summed E-state index contributed by atoms with van der Waals surface area (Å²) in [7, 11) is 0. The van der Waals surface area contributed by atoms with Gasteiger partial charge < -0.3 is 5.32 Å². The van der Waals surface area contributed by atoms with E-state index in [-0.39, 0.29) is 0 Å². The number of piperidine rings is 1. The molecule has 3 rings (SSSR count). The Balaban J connectivity index is 1.50. The molecule has 1 aliphatic heterocycles. The molecule has 110 valence electrons. The van der Waals surface area contributed by atoms with Crippen LogP contribution in [0.5, 0.6) is 0 Å². The third kappa shape index (κ3) is 3.48. The van der Waals surface area contributed by atoms with Gasteiger partial charge in [-0.05, 0) is 56.3 Å². The van der Waals surface area contributed by atoms with E-state index in [1.165, 1.54) is 45.1 Å². The van der Waals surface area contributed by atoms with Gasteiger partial charge in [0.1, 0.15) is 0 Å². The van der Waals surface area contributed by atoms with Crippen LogP contribution in [-0.4, -0.2) is 30.6 Å². The van der Waals surface area contributed by atoms with Gasteiger partial charge in [-0.1, -0.05) is 30.5 Å². The molecule has 1 aromatic rings. The second-order valence-electron chi connectivity index (χ2n) is 6.23. The van der Waals surface area contributed by atoms with Crippen LogP contribution in [0.4, 0.5) is 5.69 Å². The number of halogens is 1. The summed E-state index contributed by atoms with van der Waals surface area (Å²) in [6.45, 7) is 3.47. The average Bonchev–Trinajstić information content (AvgIpc) is 2.48. The van der Waals surface area contributed by atoms with Gasteiger partial charge in [-0.2, -0.15) is 0 Å². The van der Waals surface area contributed by atoms with Crippen molar-refractivity contribution in [3.63, 3.8) is 0 Å². The third-order valence-electron chi connectivity index (χ3n) is 4.91. The molecule has 1 aliphatic carbocycles. The van der Waals surface area contributed by atoms with Crippen molar-refractivity contribution >= 4 is 17.3 Å². The SMILES string of the molecule is Clc1cccc(NCCN2CCCC3CCCCC32)c1. The van der Waals surface area contributed by atoms with Gasteiger partial charge in [0.2, 0.25) is 0 Å². The highest BCUT2D eigenvalue weighted by molar-refractivity contribution is 6.30. The quantitative estimate of drug-likeness (QED) is 0.884. The number of nitrogens with one attached hydrogen (secondary N) is 1. The summed E-state index contributed by atoms with van der Waals surface area (Å²) in [5.41, 5.74) is 1.13. The highest BCUT2D eigenvalue weighted by Gasteiger charge is 2.32. The lowest BCUT2D eigenvalue weighted by atomic mass is 9.78. The predicted octanol–water partition coefficient (Wildman–Crippen LogP) is 4.41. The zero-order valence-corrected chi connectivity index (χ0v) is 12.9. The highest BCUT2D eigenvalue weighted by atomic mass is 35.5. The second-order valence-corrected chi connectivity index (χ2v) is 6.66. The number of hydrogen-bond acceptors (Lipinski definition) is 2. The van der Waals surface area contributed by atoms with Gasteiger partial charge in [-0.25, -0.2) is 0 Å². The lowest BCUT2D eigenvalue weighted by Gasteiger charge is -2.44. The van der Waals surface area contributed by atoms with E-state index < -0.39 is 0 Å². The largest absolute Gasteiger partial charge is 0.384 e. The molecular formula is C17H25ClN2. The van der Waals surface area contributed by atoms with Gasteiger partial charge >= 0.3 is 0 Å². The summed E-state index contributed by atoms with van der Waals surface area (Å²) in [6, 6.07) is 8.87. The first-order valence-corrected chi connectivity index (χ1v) is 8.44. The minimum Gasteiger partial charge on any atom is -0.384 e.